The van der Waals surface area contributed by atoms with Crippen LogP contribution in [0, 0.1) is 0 Å². The number of fused-ring (bicyclic) bond motifs is 2. The maximum Gasteiger partial charge on any atom is 0.242 e. The second kappa shape index (κ2) is 7.44. The number of nitrogens with zero attached hydrogens (tertiary/aromatic N) is 2. The molecule has 2 N–H and O–H groups in total. The van der Waals surface area contributed by atoms with E-state index in [4.69, 9.17) is 0 Å². The Morgan fingerprint density at radius 2 is 1.72 bits per heavy atom. The molecule has 0 spiro atoms. The third kappa shape index (κ3) is 3.89. The van der Waals surface area contributed by atoms with Crippen LogP contribution in [0.25, 0.3) is 0 Å². The summed E-state index contributed by atoms with van der Waals surface area (Å²) in [5.41, 5.74) is 1.11. The first kappa shape index (κ1) is 17.0. The summed E-state index contributed by atoms with van der Waals surface area (Å²) in [7, 11) is 2.15. The molecular weight excluding hydrogens is 312 g/mol. The average molecular weight is 342 g/mol. The van der Waals surface area contributed by atoms with Gasteiger partial charge in [-0.2, -0.15) is 0 Å². The Labute approximate surface area is 150 Å². The Hall–Kier alpha value is -1.43. The molecule has 3 aliphatic heterocycles. The minimum atomic E-state index is -0.164. The van der Waals surface area contributed by atoms with E-state index in [-0.39, 0.29) is 11.9 Å². The molecule has 1 aromatic carbocycles. The summed E-state index contributed by atoms with van der Waals surface area (Å²) in [5.74, 6) is 0.182. The van der Waals surface area contributed by atoms with Gasteiger partial charge in [0.1, 0.15) is 6.04 Å². The second-order valence-electron chi connectivity index (χ2n) is 7.97. The van der Waals surface area contributed by atoms with Gasteiger partial charge in [0.15, 0.2) is 0 Å². The van der Waals surface area contributed by atoms with Crippen LogP contribution in [0.1, 0.15) is 37.3 Å². The minimum absolute atomic E-state index is 0.164. The van der Waals surface area contributed by atoms with Crippen molar-refractivity contribution in [2.45, 2.75) is 49.9 Å². The number of hydrogen-bond acceptors (Lipinski definition) is 4. The molecule has 1 aromatic rings. The van der Waals surface area contributed by atoms with Crippen molar-refractivity contribution in [3.8, 4) is 0 Å². The van der Waals surface area contributed by atoms with Gasteiger partial charge in [-0.3, -0.25) is 9.69 Å². The van der Waals surface area contributed by atoms with Crippen LogP contribution < -0.4 is 10.6 Å². The summed E-state index contributed by atoms with van der Waals surface area (Å²) in [5, 5.41) is 7.05. The van der Waals surface area contributed by atoms with E-state index < -0.39 is 0 Å². The number of piperazine rings is 1. The highest BCUT2D eigenvalue weighted by Gasteiger charge is 2.36. The second-order valence-corrected chi connectivity index (χ2v) is 7.97. The number of nitrogens with one attached hydrogen (secondary N) is 2. The lowest BCUT2D eigenvalue weighted by Gasteiger charge is -2.38. The third-order valence-electron chi connectivity index (χ3n) is 6.09. The van der Waals surface area contributed by atoms with E-state index in [1.54, 1.807) is 0 Å². The van der Waals surface area contributed by atoms with E-state index in [9.17, 15) is 4.79 Å². The monoisotopic (exact) mass is 342 g/mol. The molecule has 2 bridgehead atoms. The zero-order valence-electron chi connectivity index (χ0n) is 15.2. The summed E-state index contributed by atoms with van der Waals surface area (Å²) in [6.45, 7) is 3.93. The van der Waals surface area contributed by atoms with Gasteiger partial charge in [0.05, 0.1) is 0 Å². The fourth-order valence-corrected chi connectivity index (χ4v) is 4.70. The number of carbonyl (C=O) groups excluding carboxylic acids is 1. The lowest BCUT2D eigenvalue weighted by Crippen LogP contribution is -2.53. The van der Waals surface area contributed by atoms with Gasteiger partial charge in [-0.15, -0.1) is 0 Å². The van der Waals surface area contributed by atoms with Crippen LogP contribution in [-0.4, -0.2) is 67.1 Å². The first-order valence-corrected chi connectivity index (χ1v) is 9.73. The highest BCUT2D eigenvalue weighted by atomic mass is 16.2. The van der Waals surface area contributed by atoms with Crippen LogP contribution in [-0.2, 0) is 4.79 Å². The maximum absolute atomic E-state index is 13.2. The Balaban J connectivity index is 1.48. The van der Waals surface area contributed by atoms with Gasteiger partial charge in [0.2, 0.25) is 5.91 Å². The van der Waals surface area contributed by atoms with Crippen molar-refractivity contribution in [3.63, 3.8) is 0 Å². The Morgan fingerprint density at radius 3 is 2.36 bits per heavy atom. The third-order valence-corrected chi connectivity index (χ3v) is 6.09. The molecule has 0 aliphatic carbocycles. The molecule has 5 heteroatoms. The van der Waals surface area contributed by atoms with Crippen LogP contribution in [0.5, 0.6) is 0 Å². The van der Waals surface area contributed by atoms with Crippen LogP contribution in [0.15, 0.2) is 30.3 Å². The molecule has 3 fully saturated rings. The van der Waals surface area contributed by atoms with Crippen molar-refractivity contribution in [2.75, 3.05) is 33.2 Å². The number of carbonyl (C=O) groups is 1. The number of amides is 1. The van der Waals surface area contributed by atoms with Crippen molar-refractivity contribution in [3.05, 3.63) is 35.9 Å². The van der Waals surface area contributed by atoms with E-state index in [2.05, 4.69) is 39.6 Å². The highest BCUT2D eigenvalue weighted by Crippen LogP contribution is 2.28. The van der Waals surface area contributed by atoms with E-state index in [1.807, 2.05) is 18.2 Å². The molecular formula is C20H30N4O. The number of rotatable bonds is 4. The van der Waals surface area contributed by atoms with Crippen molar-refractivity contribution < 1.29 is 4.79 Å². The lowest BCUT2D eigenvalue weighted by atomic mass is 9.98. The van der Waals surface area contributed by atoms with Crippen LogP contribution in [0.4, 0.5) is 0 Å². The molecule has 0 aromatic heterocycles. The summed E-state index contributed by atoms with van der Waals surface area (Å²) in [6, 6.07) is 11.6. The van der Waals surface area contributed by atoms with Crippen LogP contribution in [0.3, 0.4) is 0 Å². The van der Waals surface area contributed by atoms with Crippen LogP contribution in [0.2, 0.25) is 0 Å². The van der Waals surface area contributed by atoms with Gasteiger partial charge in [0.25, 0.3) is 0 Å². The molecule has 25 heavy (non-hydrogen) atoms. The van der Waals surface area contributed by atoms with Crippen molar-refractivity contribution in [2.24, 2.45) is 0 Å². The smallest absolute Gasteiger partial charge is 0.242 e. The van der Waals surface area contributed by atoms with Gasteiger partial charge in [-0.05, 0) is 38.3 Å². The molecule has 136 valence electrons. The molecule has 0 radical (unpaired) electrons. The van der Waals surface area contributed by atoms with Crippen molar-refractivity contribution >= 4 is 5.91 Å². The van der Waals surface area contributed by atoms with Gasteiger partial charge in [-0.25, -0.2) is 0 Å². The topological polar surface area (TPSA) is 47.6 Å². The maximum atomic E-state index is 13.2. The van der Waals surface area contributed by atoms with Crippen molar-refractivity contribution in [1.29, 1.82) is 0 Å². The summed E-state index contributed by atoms with van der Waals surface area (Å²) < 4.78 is 0. The zero-order valence-corrected chi connectivity index (χ0v) is 15.2. The largest absolute Gasteiger partial charge is 0.352 e. The lowest BCUT2D eigenvalue weighted by molar-refractivity contribution is -0.128. The quantitative estimate of drug-likeness (QED) is 0.868. The molecule has 4 rings (SSSR count). The molecule has 3 saturated heterocycles. The number of benzene rings is 1. The summed E-state index contributed by atoms with van der Waals surface area (Å²) in [6.07, 6.45) is 4.67. The van der Waals surface area contributed by atoms with Gasteiger partial charge in [0, 0.05) is 44.3 Å². The number of likely N-dealkylation sites (N-methyl/N-ethyl adjacent to an activating group) is 1. The number of piperidine rings is 1. The van der Waals surface area contributed by atoms with E-state index in [0.29, 0.717) is 18.1 Å². The predicted molar refractivity (Wildman–Crippen MR) is 99.4 cm³/mol. The molecule has 0 saturated carbocycles. The van der Waals surface area contributed by atoms with E-state index in [0.717, 1.165) is 44.6 Å². The standard InChI is InChI=1S/C20H30N4O/c1-23-9-11-24(12-10-23)19(15-5-3-2-4-6-15)20(25)22-18-13-16-7-8-17(14-18)21-16/h2-6,16-19,21H,7-14H2,1H3,(H,22,25). The molecule has 5 nitrogen and oxygen atoms in total. The first-order chi connectivity index (χ1) is 12.2. The average Bonchev–Trinajstić information content (AvgIpc) is 2.96. The van der Waals surface area contributed by atoms with Crippen LogP contribution >= 0.6 is 0 Å². The van der Waals surface area contributed by atoms with Crippen molar-refractivity contribution in [1.82, 2.24) is 20.4 Å². The molecule has 1 amide bonds. The van der Waals surface area contributed by atoms with Gasteiger partial charge >= 0.3 is 0 Å². The predicted octanol–water partition coefficient (Wildman–Crippen LogP) is 1.37. The number of hydrogen-bond donors (Lipinski definition) is 2. The Kier molecular flexibility index (Phi) is 5.06. The molecule has 3 aliphatic rings. The summed E-state index contributed by atoms with van der Waals surface area (Å²) in [4.78, 5) is 17.9. The fourth-order valence-electron chi connectivity index (χ4n) is 4.70. The fraction of sp³-hybridized carbons (Fsp3) is 0.650. The van der Waals surface area contributed by atoms with Gasteiger partial charge < -0.3 is 15.5 Å². The van der Waals surface area contributed by atoms with E-state index >= 15 is 0 Å². The highest BCUT2D eigenvalue weighted by molar-refractivity contribution is 5.83. The minimum Gasteiger partial charge on any atom is -0.352 e. The zero-order chi connectivity index (χ0) is 17.2. The first-order valence-electron chi connectivity index (χ1n) is 9.73. The molecule has 3 unspecified atom stereocenters. The SMILES string of the molecule is CN1CCN(C(C(=O)NC2CC3CCC(C2)N3)c2ccccc2)CC1. The molecule has 3 atom stereocenters. The Morgan fingerprint density at radius 1 is 1.08 bits per heavy atom. The van der Waals surface area contributed by atoms with Gasteiger partial charge in [-0.1, -0.05) is 30.3 Å². The van der Waals surface area contributed by atoms with E-state index in [1.165, 1.54) is 12.8 Å². The summed E-state index contributed by atoms with van der Waals surface area (Å²) >= 11 is 0. The normalized spacial score (nSPS) is 31.6. The molecule has 3 heterocycles. The Bertz CT molecular complexity index is 573.